The van der Waals surface area contributed by atoms with Gasteiger partial charge in [0.2, 0.25) is 0 Å². The standard InChI is InChI=1S/C17H19N3/c1-12-17(10-18)13(2)20(19-12)11-15-8-5-7-14-6-3-4-9-16(14)15/h3-9H,10-11,18H2,1-2H3. The molecule has 0 saturated carbocycles. The second-order valence-electron chi connectivity index (χ2n) is 5.15. The van der Waals surface area contributed by atoms with Gasteiger partial charge in [-0.2, -0.15) is 5.10 Å². The number of nitrogens with zero attached hydrogens (tertiary/aromatic N) is 2. The molecule has 2 N–H and O–H groups in total. The molecule has 0 bridgehead atoms. The van der Waals surface area contributed by atoms with E-state index < -0.39 is 0 Å². The highest BCUT2D eigenvalue weighted by molar-refractivity contribution is 5.85. The van der Waals surface area contributed by atoms with Crippen molar-refractivity contribution in [3.63, 3.8) is 0 Å². The van der Waals surface area contributed by atoms with Gasteiger partial charge < -0.3 is 5.73 Å². The van der Waals surface area contributed by atoms with Crippen LogP contribution in [-0.4, -0.2) is 9.78 Å². The van der Waals surface area contributed by atoms with E-state index in [0.29, 0.717) is 6.54 Å². The van der Waals surface area contributed by atoms with Crippen molar-refractivity contribution in [1.82, 2.24) is 9.78 Å². The quantitative estimate of drug-likeness (QED) is 0.790. The highest BCUT2D eigenvalue weighted by Crippen LogP contribution is 2.21. The van der Waals surface area contributed by atoms with Crippen molar-refractivity contribution in [1.29, 1.82) is 0 Å². The third-order valence-corrected chi connectivity index (χ3v) is 3.94. The van der Waals surface area contributed by atoms with Gasteiger partial charge in [0.15, 0.2) is 0 Å². The Bertz CT molecular complexity index is 751. The van der Waals surface area contributed by atoms with Crippen molar-refractivity contribution >= 4 is 10.8 Å². The maximum Gasteiger partial charge on any atom is 0.0668 e. The van der Waals surface area contributed by atoms with E-state index >= 15 is 0 Å². The van der Waals surface area contributed by atoms with E-state index in [-0.39, 0.29) is 0 Å². The molecule has 102 valence electrons. The summed E-state index contributed by atoms with van der Waals surface area (Å²) in [6.45, 7) is 5.45. The molecule has 1 heterocycles. The highest BCUT2D eigenvalue weighted by Gasteiger charge is 2.11. The molecule has 1 aromatic heterocycles. The third kappa shape index (κ3) is 2.10. The van der Waals surface area contributed by atoms with E-state index in [0.717, 1.165) is 23.5 Å². The number of benzene rings is 2. The molecule has 3 heteroatoms. The van der Waals surface area contributed by atoms with Crippen LogP contribution in [0.1, 0.15) is 22.5 Å². The molecule has 0 aliphatic carbocycles. The zero-order valence-corrected chi connectivity index (χ0v) is 11.9. The van der Waals surface area contributed by atoms with E-state index in [2.05, 4.69) is 59.2 Å². The lowest BCUT2D eigenvalue weighted by Gasteiger charge is -2.09. The van der Waals surface area contributed by atoms with Crippen LogP contribution in [0, 0.1) is 13.8 Å². The lowest BCUT2D eigenvalue weighted by atomic mass is 10.0. The monoisotopic (exact) mass is 265 g/mol. The fraction of sp³-hybridized carbons (Fsp3) is 0.235. The van der Waals surface area contributed by atoms with Crippen LogP contribution < -0.4 is 5.73 Å². The molecule has 2 aromatic carbocycles. The summed E-state index contributed by atoms with van der Waals surface area (Å²) in [4.78, 5) is 0. The van der Waals surface area contributed by atoms with Crippen LogP contribution in [0.3, 0.4) is 0 Å². The molecule has 0 radical (unpaired) electrons. The Labute approximate surface area is 119 Å². The Morgan fingerprint density at radius 2 is 1.80 bits per heavy atom. The van der Waals surface area contributed by atoms with Gasteiger partial charge in [0, 0.05) is 17.8 Å². The first kappa shape index (κ1) is 12.9. The first-order chi connectivity index (χ1) is 9.70. The number of rotatable bonds is 3. The summed E-state index contributed by atoms with van der Waals surface area (Å²) in [5, 5.41) is 7.18. The molecule has 0 saturated heterocycles. The molecular weight excluding hydrogens is 246 g/mol. The van der Waals surface area contributed by atoms with Crippen LogP contribution in [0.25, 0.3) is 10.8 Å². The number of nitrogens with two attached hydrogens (primary N) is 1. The van der Waals surface area contributed by atoms with Crippen molar-refractivity contribution in [2.45, 2.75) is 26.9 Å². The average Bonchev–Trinajstić information content (AvgIpc) is 2.73. The maximum atomic E-state index is 5.80. The Morgan fingerprint density at radius 3 is 2.55 bits per heavy atom. The summed E-state index contributed by atoms with van der Waals surface area (Å²) in [6.07, 6.45) is 0. The van der Waals surface area contributed by atoms with Gasteiger partial charge in [0.05, 0.1) is 12.2 Å². The normalized spacial score (nSPS) is 11.2. The Kier molecular flexibility index (Phi) is 3.28. The number of aromatic nitrogens is 2. The van der Waals surface area contributed by atoms with Crippen LogP contribution in [0.15, 0.2) is 42.5 Å². The molecule has 20 heavy (non-hydrogen) atoms. The lowest BCUT2D eigenvalue weighted by molar-refractivity contribution is 0.661. The Balaban J connectivity index is 2.06. The van der Waals surface area contributed by atoms with Crippen LogP contribution in [0.2, 0.25) is 0 Å². The molecule has 0 aliphatic heterocycles. The van der Waals surface area contributed by atoms with Crippen LogP contribution in [0.5, 0.6) is 0 Å². The Morgan fingerprint density at radius 1 is 1.05 bits per heavy atom. The summed E-state index contributed by atoms with van der Waals surface area (Å²) in [6, 6.07) is 14.9. The lowest BCUT2D eigenvalue weighted by Crippen LogP contribution is -2.05. The van der Waals surface area contributed by atoms with Crippen LogP contribution >= 0.6 is 0 Å². The van der Waals surface area contributed by atoms with Crippen LogP contribution in [-0.2, 0) is 13.1 Å². The number of aryl methyl sites for hydroxylation is 1. The van der Waals surface area contributed by atoms with E-state index in [9.17, 15) is 0 Å². The SMILES string of the molecule is Cc1nn(Cc2cccc3ccccc23)c(C)c1CN. The average molecular weight is 265 g/mol. The molecule has 0 aliphatic rings. The molecule has 0 fully saturated rings. The van der Waals surface area contributed by atoms with Crippen molar-refractivity contribution in [3.8, 4) is 0 Å². The highest BCUT2D eigenvalue weighted by atomic mass is 15.3. The van der Waals surface area contributed by atoms with E-state index in [1.165, 1.54) is 16.3 Å². The molecule has 0 atom stereocenters. The van der Waals surface area contributed by atoms with Crippen molar-refractivity contribution in [2.75, 3.05) is 0 Å². The third-order valence-electron chi connectivity index (χ3n) is 3.94. The topological polar surface area (TPSA) is 43.8 Å². The van der Waals surface area contributed by atoms with Gasteiger partial charge in [0.25, 0.3) is 0 Å². The first-order valence-corrected chi connectivity index (χ1v) is 6.90. The van der Waals surface area contributed by atoms with Gasteiger partial charge in [-0.15, -0.1) is 0 Å². The Hall–Kier alpha value is -2.13. The predicted octanol–water partition coefficient (Wildman–Crippen LogP) is 3.16. The molecule has 0 unspecified atom stereocenters. The minimum atomic E-state index is 0.549. The summed E-state index contributed by atoms with van der Waals surface area (Å²) in [5.41, 5.74) is 10.4. The second-order valence-corrected chi connectivity index (χ2v) is 5.15. The van der Waals surface area contributed by atoms with Gasteiger partial charge in [0.1, 0.15) is 0 Å². The molecule has 0 amide bonds. The number of hydrogen-bond acceptors (Lipinski definition) is 2. The van der Waals surface area contributed by atoms with Crippen molar-refractivity contribution < 1.29 is 0 Å². The minimum Gasteiger partial charge on any atom is -0.326 e. The summed E-state index contributed by atoms with van der Waals surface area (Å²) >= 11 is 0. The van der Waals surface area contributed by atoms with Crippen molar-refractivity contribution in [3.05, 3.63) is 65.0 Å². The zero-order chi connectivity index (χ0) is 14.1. The van der Waals surface area contributed by atoms with Crippen molar-refractivity contribution in [2.24, 2.45) is 5.73 Å². The fourth-order valence-electron chi connectivity index (χ4n) is 2.78. The van der Waals surface area contributed by atoms with E-state index in [1.807, 2.05) is 6.92 Å². The van der Waals surface area contributed by atoms with E-state index in [1.54, 1.807) is 0 Å². The van der Waals surface area contributed by atoms with Gasteiger partial charge in [-0.3, -0.25) is 4.68 Å². The molecule has 3 nitrogen and oxygen atoms in total. The largest absolute Gasteiger partial charge is 0.326 e. The van der Waals surface area contributed by atoms with Gasteiger partial charge in [-0.25, -0.2) is 0 Å². The predicted molar refractivity (Wildman–Crippen MR) is 82.6 cm³/mol. The zero-order valence-electron chi connectivity index (χ0n) is 11.9. The second kappa shape index (κ2) is 5.10. The van der Waals surface area contributed by atoms with E-state index in [4.69, 9.17) is 5.73 Å². The molecule has 3 rings (SSSR count). The number of fused-ring (bicyclic) bond motifs is 1. The molecule has 0 spiro atoms. The van der Waals surface area contributed by atoms with Crippen LogP contribution in [0.4, 0.5) is 0 Å². The summed E-state index contributed by atoms with van der Waals surface area (Å²) < 4.78 is 2.05. The minimum absolute atomic E-state index is 0.549. The molecule has 3 aromatic rings. The molecular formula is C17H19N3. The summed E-state index contributed by atoms with van der Waals surface area (Å²) in [5.74, 6) is 0. The maximum absolute atomic E-state index is 5.80. The van der Waals surface area contributed by atoms with Gasteiger partial charge in [-0.1, -0.05) is 42.5 Å². The first-order valence-electron chi connectivity index (χ1n) is 6.90. The smallest absolute Gasteiger partial charge is 0.0668 e. The number of hydrogen-bond donors (Lipinski definition) is 1. The summed E-state index contributed by atoms with van der Waals surface area (Å²) in [7, 11) is 0. The van der Waals surface area contributed by atoms with Gasteiger partial charge >= 0.3 is 0 Å². The fourth-order valence-corrected chi connectivity index (χ4v) is 2.78. The van der Waals surface area contributed by atoms with Gasteiger partial charge in [-0.05, 0) is 30.2 Å².